The van der Waals surface area contributed by atoms with E-state index in [-0.39, 0.29) is 17.3 Å². The molecule has 120 valence electrons. The first kappa shape index (κ1) is 15.5. The molecule has 2 aliphatic heterocycles. The van der Waals surface area contributed by atoms with Crippen LogP contribution in [0.1, 0.15) is 44.7 Å². The molecule has 22 heavy (non-hydrogen) atoms. The zero-order valence-corrected chi connectivity index (χ0v) is 13.9. The van der Waals surface area contributed by atoms with Crippen LogP contribution in [0.5, 0.6) is 0 Å². The molecular formula is C18H26N2O2. The van der Waals surface area contributed by atoms with Crippen LogP contribution in [0.25, 0.3) is 0 Å². The summed E-state index contributed by atoms with van der Waals surface area (Å²) < 4.78 is 12.7. The first-order valence-electron chi connectivity index (χ1n) is 8.07. The van der Waals surface area contributed by atoms with Gasteiger partial charge in [0.15, 0.2) is 0 Å². The van der Waals surface area contributed by atoms with Gasteiger partial charge in [-0.25, -0.2) is 0 Å². The predicted octanol–water partition coefficient (Wildman–Crippen LogP) is 3.17. The largest absolute Gasteiger partial charge is 0.364 e. The van der Waals surface area contributed by atoms with E-state index >= 15 is 0 Å². The molecule has 0 aromatic heterocycles. The van der Waals surface area contributed by atoms with Gasteiger partial charge in [-0.1, -0.05) is 38.1 Å². The Labute approximate surface area is 132 Å². The van der Waals surface area contributed by atoms with Crippen LogP contribution in [0.3, 0.4) is 0 Å². The van der Waals surface area contributed by atoms with Crippen molar-refractivity contribution >= 4 is 5.71 Å². The summed E-state index contributed by atoms with van der Waals surface area (Å²) in [4.78, 5) is 0. The summed E-state index contributed by atoms with van der Waals surface area (Å²) >= 11 is 0. The average Bonchev–Trinajstić information content (AvgIpc) is 2.96. The Morgan fingerprint density at radius 2 is 2.09 bits per heavy atom. The number of hydrogen-bond acceptors (Lipinski definition) is 4. The molecule has 2 aliphatic rings. The molecule has 2 bridgehead atoms. The molecule has 2 fully saturated rings. The molecule has 2 heterocycles. The summed E-state index contributed by atoms with van der Waals surface area (Å²) in [5.41, 5.74) is 2.65. The highest BCUT2D eigenvalue weighted by molar-refractivity contribution is 6.00. The first-order chi connectivity index (χ1) is 10.4. The molecule has 3 rings (SSSR count). The molecule has 4 heteroatoms. The highest BCUT2D eigenvalue weighted by atomic mass is 16.6. The Balaban J connectivity index is 1.84. The zero-order chi connectivity index (χ0) is 16.0. The maximum atomic E-state index is 6.41. The van der Waals surface area contributed by atoms with Gasteiger partial charge in [0, 0.05) is 0 Å². The molecule has 0 spiro atoms. The fourth-order valence-electron chi connectivity index (χ4n) is 3.91. The molecule has 0 amide bonds. The third-order valence-corrected chi connectivity index (χ3v) is 5.38. The number of nitrogens with two attached hydrogens (primary N) is 1. The lowest BCUT2D eigenvalue weighted by molar-refractivity contribution is -0.0959. The topological polar surface area (TPSA) is 56.8 Å². The van der Waals surface area contributed by atoms with E-state index in [1.165, 1.54) is 11.1 Å². The molecule has 0 saturated carbocycles. The third kappa shape index (κ3) is 2.17. The Morgan fingerprint density at radius 1 is 1.36 bits per heavy atom. The number of rotatable bonds is 4. The van der Waals surface area contributed by atoms with Crippen LogP contribution in [0.2, 0.25) is 0 Å². The smallest absolute Gasteiger partial charge is 0.129 e. The number of ether oxygens (including phenoxy) is 2. The van der Waals surface area contributed by atoms with E-state index in [9.17, 15) is 0 Å². The summed E-state index contributed by atoms with van der Waals surface area (Å²) in [5, 5.41) is 4.09. The van der Waals surface area contributed by atoms with Gasteiger partial charge in [0.2, 0.25) is 0 Å². The van der Waals surface area contributed by atoms with E-state index in [0.717, 1.165) is 18.6 Å². The van der Waals surface area contributed by atoms with Gasteiger partial charge >= 0.3 is 0 Å². The van der Waals surface area contributed by atoms with Crippen molar-refractivity contribution in [2.45, 2.75) is 64.4 Å². The molecule has 4 nitrogen and oxygen atoms in total. The van der Waals surface area contributed by atoms with Crippen LogP contribution in [-0.2, 0) is 16.1 Å². The van der Waals surface area contributed by atoms with E-state index in [1.54, 1.807) is 0 Å². The minimum atomic E-state index is -0.347. The Hall–Kier alpha value is -1.39. The molecule has 0 unspecified atom stereocenters. The SMILES string of the molecule is Cc1ccccc1CO[C@@H]1C(=NN)[C@@]2(C(C)C)CC[C@]1(C)O2. The number of nitrogens with zero attached hydrogens (tertiary/aromatic N) is 1. The molecular weight excluding hydrogens is 276 g/mol. The van der Waals surface area contributed by atoms with Gasteiger partial charge in [-0.2, -0.15) is 5.10 Å². The van der Waals surface area contributed by atoms with Gasteiger partial charge in [-0.05, 0) is 43.7 Å². The second-order valence-electron chi connectivity index (χ2n) is 7.09. The standard InChI is InChI=1S/C18H26N2O2/c1-12(2)18-10-9-17(4,22-18)16(15(18)20-19)21-11-14-8-6-5-7-13(14)3/h5-8,12,16H,9-11,19H2,1-4H3/t16-,17+,18+/m1/s1. The van der Waals surface area contributed by atoms with Crippen LogP contribution < -0.4 is 5.84 Å². The molecule has 1 aromatic carbocycles. The fourth-order valence-corrected chi connectivity index (χ4v) is 3.91. The number of benzene rings is 1. The third-order valence-electron chi connectivity index (χ3n) is 5.38. The van der Waals surface area contributed by atoms with Crippen LogP contribution in [0, 0.1) is 12.8 Å². The number of hydrogen-bond donors (Lipinski definition) is 1. The Kier molecular flexibility index (Phi) is 3.77. The lowest BCUT2D eigenvalue weighted by Gasteiger charge is -2.33. The van der Waals surface area contributed by atoms with Crippen molar-refractivity contribution in [3.63, 3.8) is 0 Å². The highest BCUT2D eigenvalue weighted by Crippen LogP contribution is 2.53. The first-order valence-corrected chi connectivity index (χ1v) is 8.07. The molecule has 0 aliphatic carbocycles. The molecule has 1 aromatic rings. The highest BCUT2D eigenvalue weighted by Gasteiger charge is 2.65. The molecule has 3 atom stereocenters. The van der Waals surface area contributed by atoms with Crippen molar-refractivity contribution in [1.82, 2.24) is 0 Å². The van der Waals surface area contributed by atoms with Gasteiger partial charge in [0.05, 0.1) is 12.2 Å². The number of hydrazone groups is 1. The van der Waals surface area contributed by atoms with E-state index in [0.29, 0.717) is 12.5 Å². The molecule has 0 radical (unpaired) electrons. The predicted molar refractivity (Wildman–Crippen MR) is 87.7 cm³/mol. The van der Waals surface area contributed by atoms with Gasteiger partial charge in [-0.15, -0.1) is 0 Å². The normalized spacial score (nSPS) is 35.7. The second-order valence-corrected chi connectivity index (χ2v) is 7.09. The van der Waals surface area contributed by atoms with Crippen molar-refractivity contribution in [3.8, 4) is 0 Å². The number of fused-ring (bicyclic) bond motifs is 2. The monoisotopic (exact) mass is 302 g/mol. The quantitative estimate of drug-likeness (QED) is 0.686. The summed E-state index contributed by atoms with van der Waals surface area (Å²) in [6, 6.07) is 8.29. The maximum Gasteiger partial charge on any atom is 0.129 e. The summed E-state index contributed by atoms with van der Waals surface area (Å²) in [5.74, 6) is 6.06. The Bertz CT molecular complexity index is 599. The van der Waals surface area contributed by atoms with Crippen LogP contribution in [-0.4, -0.2) is 23.0 Å². The van der Waals surface area contributed by atoms with Gasteiger partial charge in [-0.3, -0.25) is 0 Å². The van der Waals surface area contributed by atoms with Crippen molar-refractivity contribution in [1.29, 1.82) is 0 Å². The van der Waals surface area contributed by atoms with Crippen molar-refractivity contribution < 1.29 is 9.47 Å². The summed E-state index contributed by atoms with van der Waals surface area (Å²) in [7, 11) is 0. The summed E-state index contributed by atoms with van der Waals surface area (Å²) in [6.45, 7) is 9.12. The van der Waals surface area contributed by atoms with E-state index in [2.05, 4.69) is 44.9 Å². The fraction of sp³-hybridized carbons (Fsp3) is 0.611. The lowest BCUT2D eigenvalue weighted by Crippen LogP contribution is -2.48. The van der Waals surface area contributed by atoms with Crippen molar-refractivity contribution in [2.24, 2.45) is 16.9 Å². The van der Waals surface area contributed by atoms with Gasteiger partial charge in [0.1, 0.15) is 17.4 Å². The number of aryl methyl sites for hydroxylation is 1. The van der Waals surface area contributed by atoms with Gasteiger partial charge < -0.3 is 15.3 Å². The van der Waals surface area contributed by atoms with E-state index in [1.807, 2.05) is 12.1 Å². The van der Waals surface area contributed by atoms with Crippen LogP contribution >= 0.6 is 0 Å². The average molecular weight is 302 g/mol. The van der Waals surface area contributed by atoms with E-state index < -0.39 is 0 Å². The molecule has 2 N–H and O–H groups in total. The lowest BCUT2D eigenvalue weighted by atomic mass is 9.74. The van der Waals surface area contributed by atoms with Crippen LogP contribution in [0.4, 0.5) is 0 Å². The minimum absolute atomic E-state index is 0.159. The molecule has 2 saturated heterocycles. The van der Waals surface area contributed by atoms with Crippen molar-refractivity contribution in [3.05, 3.63) is 35.4 Å². The van der Waals surface area contributed by atoms with Gasteiger partial charge in [0.25, 0.3) is 0 Å². The maximum absolute atomic E-state index is 6.41. The minimum Gasteiger partial charge on any atom is -0.364 e. The van der Waals surface area contributed by atoms with Crippen LogP contribution in [0.15, 0.2) is 29.4 Å². The Morgan fingerprint density at radius 3 is 2.73 bits per heavy atom. The van der Waals surface area contributed by atoms with Crippen molar-refractivity contribution in [2.75, 3.05) is 0 Å². The zero-order valence-electron chi connectivity index (χ0n) is 13.9. The second kappa shape index (κ2) is 5.36. The van der Waals surface area contributed by atoms with E-state index in [4.69, 9.17) is 15.3 Å². The summed E-state index contributed by atoms with van der Waals surface area (Å²) in [6.07, 6.45) is 1.80.